The molecule has 0 fully saturated rings. The van der Waals surface area contributed by atoms with E-state index in [-0.39, 0.29) is 63.3 Å². The Morgan fingerprint density at radius 1 is 0.920 bits per heavy atom. The van der Waals surface area contributed by atoms with Crippen molar-refractivity contribution in [1.29, 1.82) is 0 Å². The molecule has 0 heterocycles. The third kappa shape index (κ3) is 3.88. The van der Waals surface area contributed by atoms with Gasteiger partial charge in [-0.3, -0.25) is 14.4 Å². The zero-order valence-corrected chi connectivity index (χ0v) is 15.9. The van der Waals surface area contributed by atoms with Crippen LogP contribution in [0.5, 0.6) is 0 Å². The van der Waals surface area contributed by atoms with Crippen LogP contribution in [0.4, 0.5) is 5.69 Å². The van der Waals surface area contributed by atoms with Crippen LogP contribution >= 0.6 is 0 Å². The molecule has 1 amide bonds. The van der Waals surface area contributed by atoms with E-state index >= 15 is 0 Å². The Morgan fingerprint density at radius 2 is 1.48 bits per heavy atom. The van der Waals surface area contributed by atoms with Crippen molar-refractivity contribution in [2.45, 2.75) is 0 Å². The molecule has 0 saturated carbocycles. The van der Waals surface area contributed by atoms with Crippen LogP contribution in [-0.4, -0.2) is 36.2 Å². The number of amides is 1. The maximum Gasteiger partial charge on any atom is 1.00 e. The van der Waals surface area contributed by atoms with Gasteiger partial charge in [0.15, 0.2) is 11.6 Å². The maximum atomic E-state index is 12.7. The quantitative estimate of drug-likeness (QED) is 0.420. The molecule has 2 aromatic carbocycles. The van der Waals surface area contributed by atoms with Gasteiger partial charge in [0.2, 0.25) is 5.91 Å². The van der Waals surface area contributed by atoms with E-state index in [1.165, 1.54) is 30.3 Å². The average Bonchev–Trinajstić information content (AvgIpc) is 2.50. The topological polar surface area (TPSA) is 120 Å². The second-order valence-corrected chi connectivity index (χ2v) is 6.59. The van der Waals surface area contributed by atoms with Crippen molar-refractivity contribution < 1.29 is 56.9 Å². The molecular formula is C16H10NNaO6S. The Morgan fingerprint density at radius 3 is 2.08 bits per heavy atom. The average molecular weight is 367 g/mol. The zero-order chi connectivity index (χ0) is 17.5. The van der Waals surface area contributed by atoms with E-state index in [2.05, 4.69) is 5.32 Å². The van der Waals surface area contributed by atoms with Crippen LogP contribution in [0.1, 0.15) is 31.8 Å². The largest absolute Gasteiger partial charge is 1.00 e. The molecule has 0 aliphatic heterocycles. The minimum atomic E-state index is -4.75. The van der Waals surface area contributed by atoms with E-state index in [9.17, 15) is 27.4 Å². The summed E-state index contributed by atoms with van der Waals surface area (Å²) in [5.74, 6) is -3.15. The Balaban J connectivity index is 0.00000225. The first kappa shape index (κ1) is 19.5. The van der Waals surface area contributed by atoms with Gasteiger partial charge < -0.3 is 9.87 Å². The summed E-state index contributed by atoms with van der Waals surface area (Å²) in [6, 6.07) is 10.6. The number of hydrogen-bond donors (Lipinski definition) is 1. The van der Waals surface area contributed by atoms with E-state index in [1.54, 1.807) is 12.1 Å². The first-order valence-corrected chi connectivity index (χ1v) is 8.40. The molecule has 7 nitrogen and oxygen atoms in total. The molecule has 0 atom stereocenters. The second-order valence-electron chi connectivity index (χ2n) is 5.18. The van der Waals surface area contributed by atoms with E-state index in [1.807, 2.05) is 0 Å². The molecule has 1 aliphatic rings. The number of nitrogens with one attached hydrogen (secondary N) is 1. The maximum absolute atomic E-state index is 12.7. The van der Waals surface area contributed by atoms with Crippen molar-refractivity contribution in [3.63, 3.8) is 0 Å². The first-order chi connectivity index (χ1) is 11.3. The molecule has 3 rings (SSSR count). The van der Waals surface area contributed by atoms with Crippen LogP contribution in [0.2, 0.25) is 0 Å². The van der Waals surface area contributed by atoms with Gasteiger partial charge in [-0.2, -0.15) is 0 Å². The molecule has 25 heavy (non-hydrogen) atoms. The zero-order valence-electron chi connectivity index (χ0n) is 13.1. The van der Waals surface area contributed by atoms with Gasteiger partial charge in [-0.05, 0) is 6.07 Å². The number of benzene rings is 2. The Hall–Kier alpha value is -1.84. The number of fused-ring (bicyclic) bond motifs is 2. The molecule has 0 spiro atoms. The van der Waals surface area contributed by atoms with Gasteiger partial charge in [0.05, 0.1) is 11.3 Å². The van der Waals surface area contributed by atoms with Gasteiger partial charge >= 0.3 is 29.6 Å². The van der Waals surface area contributed by atoms with Crippen LogP contribution in [0.3, 0.4) is 0 Å². The van der Waals surface area contributed by atoms with Crippen molar-refractivity contribution >= 4 is 33.3 Å². The van der Waals surface area contributed by atoms with Crippen molar-refractivity contribution in [3.8, 4) is 0 Å². The number of hydrogen-bond acceptors (Lipinski definition) is 6. The summed E-state index contributed by atoms with van der Waals surface area (Å²) >= 11 is 0. The smallest absolute Gasteiger partial charge is 0.748 e. The van der Waals surface area contributed by atoms with Gasteiger partial charge in [-0.15, -0.1) is 0 Å². The van der Waals surface area contributed by atoms with Gasteiger partial charge in [0.25, 0.3) is 0 Å². The van der Waals surface area contributed by atoms with Crippen LogP contribution in [0, 0.1) is 0 Å². The van der Waals surface area contributed by atoms with Crippen LogP contribution in [-0.2, 0) is 14.9 Å². The predicted molar refractivity (Wildman–Crippen MR) is 82.9 cm³/mol. The fourth-order valence-corrected chi connectivity index (χ4v) is 2.99. The summed E-state index contributed by atoms with van der Waals surface area (Å²) in [7, 11) is -4.75. The molecule has 0 aromatic heterocycles. The summed E-state index contributed by atoms with van der Waals surface area (Å²) in [6.45, 7) is 0. The van der Waals surface area contributed by atoms with Gasteiger partial charge in [0, 0.05) is 16.7 Å². The van der Waals surface area contributed by atoms with Crippen LogP contribution < -0.4 is 34.9 Å². The van der Waals surface area contributed by atoms with Crippen molar-refractivity contribution in [1.82, 2.24) is 0 Å². The molecule has 0 bridgehead atoms. The summed E-state index contributed by atoms with van der Waals surface area (Å²) in [5.41, 5.74) is 0.557. The molecule has 9 heteroatoms. The van der Waals surface area contributed by atoms with E-state index in [0.717, 1.165) is 0 Å². The number of carbonyl (C=O) groups excluding carboxylic acids is 3. The van der Waals surface area contributed by atoms with Crippen LogP contribution in [0.25, 0.3) is 0 Å². The molecular weight excluding hydrogens is 357 g/mol. The Kier molecular flexibility index (Phi) is 5.60. The minimum Gasteiger partial charge on any atom is -0.748 e. The van der Waals surface area contributed by atoms with Crippen molar-refractivity contribution in [3.05, 3.63) is 64.7 Å². The van der Waals surface area contributed by atoms with Crippen LogP contribution in [0.15, 0.2) is 42.5 Å². The number of ketones is 2. The summed E-state index contributed by atoms with van der Waals surface area (Å²) in [4.78, 5) is 36.8. The SMILES string of the molecule is O=C(CS(=O)(=O)[O-])Nc1cccc2c1C(=O)c1ccccc1C2=O.[Na+]. The van der Waals surface area contributed by atoms with Crippen molar-refractivity contribution in [2.75, 3.05) is 11.1 Å². The number of anilines is 1. The first-order valence-electron chi connectivity index (χ1n) is 6.83. The van der Waals surface area contributed by atoms with Gasteiger partial charge in [0.1, 0.15) is 15.9 Å². The fourth-order valence-electron chi connectivity index (χ4n) is 2.60. The predicted octanol–water partition coefficient (Wildman–Crippen LogP) is -2.05. The normalized spacial score (nSPS) is 12.7. The third-order valence-corrected chi connectivity index (χ3v) is 4.15. The molecule has 2 aromatic rings. The fraction of sp³-hybridized carbons (Fsp3) is 0.0625. The molecule has 0 radical (unpaired) electrons. The summed E-state index contributed by atoms with van der Waals surface area (Å²) in [5, 5.41) is 2.22. The monoisotopic (exact) mass is 367 g/mol. The van der Waals surface area contributed by atoms with E-state index < -0.39 is 27.6 Å². The number of carbonyl (C=O) groups is 3. The molecule has 122 valence electrons. The standard InChI is InChI=1S/C16H11NO6S.Na/c18-13(8-24(21,22)23)17-12-7-3-6-11-14(12)16(20)10-5-2-1-4-9(10)15(11)19;/h1-7H,8H2,(H,17,18)(H,21,22,23);/q;+1/p-1. The third-order valence-electron chi connectivity index (χ3n) is 3.53. The van der Waals surface area contributed by atoms with E-state index in [0.29, 0.717) is 0 Å². The molecule has 0 saturated heterocycles. The Bertz CT molecular complexity index is 999. The number of rotatable bonds is 3. The summed E-state index contributed by atoms with van der Waals surface area (Å²) in [6.07, 6.45) is 0. The van der Waals surface area contributed by atoms with Gasteiger partial charge in [-0.25, -0.2) is 8.42 Å². The van der Waals surface area contributed by atoms with Gasteiger partial charge in [-0.1, -0.05) is 36.4 Å². The Labute approximate surface area is 165 Å². The molecule has 1 N–H and O–H groups in total. The van der Waals surface area contributed by atoms with Crippen molar-refractivity contribution in [2.24, 2.45) is 0 Å². The minimum absolute atomic E-state index is 0. The molecule has 0 unspecified atom stereocenters. The summed E-state index contributed by atoms with van der Waals surface area (Å²) < 4.78 is 32.0. The van der Waals surface area contributed by atoms with E-state index in [4.69, 9.17) is 0 Å². The molecule has 1 aliphatic carbocycles. The second kappa shape index (κ2) is 7.19.